The maximum atomic E-state index is 12.9. The number of amides is 4. The number of ether oxygens (including phenoxy) is 1. The SMILES string of the molecule is COC(=O)c1ccc(-c2ccc(/C=C3\C(=O)NC(=O)N(C4CCCC4)C3=O)o2)c(C)c1. The minimum absolute atomic E-state index is 0.134. The van der Waals surface area contributed by atoms with Gasteiger partial charge < -0.3 is 9.15 Å². The predicted octanol–water partition coefficient (Wildman–Crippen LogP) is 3.45. The molecule has 2 heterocycles. The first-order chi connectivity index (χ1) is 14.9. The molecular formula is C23H22N2O6. The number of furan rings is 1. The molecule has 8 heteroatoms. The van der Waals surface area contributed by atoms with Crippen LogP contribution in [0.1, 0.15) is 47.4 Å². The van der Waals surface area contributed by atoms with Crippen LogP contribution < -0.4 is 5.32 Å². The summed E-state index contributed by atoms with van der Waals surface area (Å²) in [5.41, 5.74) is 1.87. The molecule has 2 aliphatic rings. The molecule has 160 valence electrons. The lowest BCUT2D eigenvalue weighted by Gasteiger charge is -2.30. The van der Waals surface area contributed by atoms with E-state index in [4.69, 9.17) is 9.15 Å². The molecule has 1 aromatic carbocycles. The lowest BCUT2D eigenvalue weighted by molar-refractivity contribution is -0.131. The number of hydrogen-bond acceptors (Lipinski definition) is 6. The van der Waals surface area contributed by atoms with Crippen molar-refractivity contribution in [3.05, 3.63) is 52.8 Å². The minimum atomic E-state index is -0.735. The predicted molar refractivity (Wildman–Crippen MR) is 111 cm³/mol. The van der Waals surface area contributed by atoms with Gasteiger partial charge in [-0.3, -0.25) is 19.8 Å². The number of barbiturate groups is 1. The van der Waals surface area contributed by atoms with E-state index in [0.717, 1.165) is 41.7 Å². The number of nitrogens with zero attached hydrogens (tertiary/aromatic N) is 1. The number of benzene rings is 1. The summed E-state index contributed by atoms with van der Waals surface area (Å²) in [4.78, 5) is 50.3. The average Bonchev–Trinajstić information content (AvgIpc) is 3.43. The molecule has 4 rings (SSSR count). The van der Waals surface area contributed by atoms with Crippen molar-refractivity contribution in [2.75, 3.05) is 7.11 Å². The Hall–Kier alpha value is -3.68. The fraction of sp³-hybridized carbons (Fsp3) is 0.304. The standard InChI is InChI=1S/C23H22N2O6/c1-13-11-14(22(28)30-2)7-9-17(13)19-10-8-16(31-19)12-18-20(26)24-23(29)25(21(18)27)15-5-3-4-6-15/h7-12,15H,3-6H2,1-2H3,(H,24,26,29)/b18-12+. The van der Waals surface area contributed by atoms with Crippen molar-refractivity contribution in [3.8, 4) is 11.3 Å². The molecule has 1 saturated heterocycles. The Morgan fingerprint density at radius 2 is 1.90 bits per heavy atom. The molecule has 0 spiro atoms. The van der Waals surface area contributed by atoms with Gasteiger partial charge in [0.1, 0.15) is 17.1 Å². The molecule has 2 fully saturated rings. The van der Waals surface area contributed by atoms with Crippen LogP contribution in [0, 0.1) is 6.92 Å². The van der Waals surface area contributed by atoms with Crippen molar-refractivity contribution in [1.82, 2.24) is 10.2 Å². The van der Waals surface area contributed by atoms with Gasteiger partial charge in [-0.25, -0.2) is 9.59 Å². The van der Waals surface area contributed by atoms with Crippen LogP contribution in [0.2, 0.25) is 0 Å². The molecule has 8 nitrogen and oxygen atoms in total. The fourth-order valence-corrected chi connectivity index (χ4v) is 4.07. The Kier molecular flexibility index (Phi) is 5.46. The highest BCUT2D eigenvalue weighted by molar-refractivity contribution is 6.31. The van der Waals surface area contributed by atoms with Gasteiger partial charge in [0.2, 0.25) is 0 Å². The van der Waals surface area contributed by atoms with E-state index in [1.807, 2.05) is 6.92 Å². The molecule has 1 N–H and O–H groups in total. The van der Waals surface area contributed by atoms with Crippen LogP contribution in [0.4, 0.5) is 4.79 Å². The Labute approximate surface area is 178 Å². The number of urea groups is 1. The van der Waals surface area contributed by atoms with E-state index >= 15 is 0 Å². The zero-order valence-electron chi connectivity index (χ0n) is 17.3. The lowest BCUT2D eigenvalue weighted by atomic mass is 10.0. The number of methoxy groups -OCH3 is 1. The maximum Gasteiger partial charge on any atom is 0.337 e. The van der Waals surface area contributed by atoms with Gasteiger partial charge in [0.25, 0.3) is 11.8 Å². The van der Waals surface area contributed by atoms with Crippen LogP contribution in [0.15, 0.2) is 40.3 Å². The third-order valence-electron chi connectivity index (χ3n) is 5.65. The van der Waals surface area contributed by atoms with Gasteiger partial charge in [-0.15, -0.1) is 0 Å². The molecule has 0 atom stereocenters. The summed E-state index contributed by atoms with van der Waals surface area (Å²) in [5.74, 6) is -0.931. The molecule has 1 aromatic heterocycles. The van der Waals surface area contributed by atoms with Gasteiger partial charge >= 0.3 is 12.0 Å². The highest BCUT2D eigenvalue weighted by atomic mass is 16.5. The van der Waals surface area contributed by atoms with Crippen LogP contribution in [-0.4, -0.2) is 41.9 Å². The van der Waals surface area contributed by atoms with E-state index < -0.39 is 23.8 Å². The van der Waals surface area contributed by atoms with Gasteiger partial charge in [-0.1, -0.05) is 18.9 Å². The van der Waals surface area contributed by atoms with Crippen LogP contribution >= 0.6 is 0 Å². The van der Waals surface area contributed by atoms with E-state index in [9.17, 15) is 19.2 Å². The smallest absolute Gasteiger partial charge is 0.337 e. The highest BCUT2D eigenvalue weighted by Gasteiger charge is 2.40. The molecule has 1 aliphatic heterocycles. The second-order valence-corrected chi connectivity index (χ2v) is 7.65. The van der Waals surface area contributed by atoms with Crippen LogP contribution in [-0.2, 0) is 14.3 Å². The number of carbonyl (C=O) groups is 4. The Morgan fingerprint density at radius 3 is 2.58 bits per heavy atom. The summed E-state index contributed by atoms with van der Waals surface area (Å²) >= 11 is 0. The second-order valence-electron chi connectivity index (χ2n) is 7.65. The zero-order valence-corrected chi connectivity index (χ0v) is 17.3. The minimum Gasteiger partial charge on any atom is -0.465 e. The fourth-order valence-electron chi connectivity index (χ4n) is 4.07. The summed E-state index contributed by atoms with van der Waals surface area (Å²) in [5, 5.41) is 2.25. The van der Waals surface area contributed by atoms with E-state index in [1.54, 1.807) is 30.3 Å². The normalized spacial score (nSPS) is 18.6. The largest absolute Gasteiger partial charge is 0.465 e. The zero-order chi connectivity index (χ0) is 22.1. The summed E-state index contributed by atoms with van der Waals surface area (Å²) < 4.78 is 10.6. The molecule has 31 heavy (non-hydrogen) atoms. The molecule has 1 aliphatic carbocycles. The van der Waals surface area contributed by atoms with Crippen molar-refractivity contribution >= 4 is 29.9 Å². The average molecular weight is 422 g/mol. The third-order valence-corrected chi connectivity index (χ3v) is 5.65. The van der Waals surface area contributed by atoms with E-state index in [1.165, 1.54) is 13.2 Å². The lowest BCUT2D eigenvalue weighted by Crippen LogP contribution is -2.57. The van der Waals surface area contributed by atoms with Crippen molar-refractivity contribution < 1.29 is 28.3 Å². The maximum absolute atomic E-state index is 12.9. The molecule has 0 radical (unpaired) electrons. The number of imide groups is 2. The van der Waals surface area contributed by atoms with Crippen LogP contribution in [0.25, 0.3) is 17.4 Å². The summed E-state index contributed by atoms with van der Waals surface area (Å²) in [6, 6.07) is 7.59. The van der Waals surface area contributed by atoms with Crippen molar-refractivity contribution in [3.63, 3.8) is 0 Å². The third kappa shape index (κ3) is 3.88. The number of aryl methyl sites for hydroxylation is 1. The number of rotatable bonds is 4. The second kappa shape index (κ2) is 8.22. The number of nitrogens with one attached hydrogen (secondary N) is 1. The molecule has 1 saturated carbocycles. The molecular weight excluding hydrogens is 400 g/mol. The highest BCUT2D eigenvalue weighted by Crippen LogP contribution is 2.30. The van der Waals surface area contributed by atoms with Gasteiger partial charge in [-0.05, 0) is 55.7 Å². The van der Waals surface area contributed by atoms with Crippen LogP contribution in [0.5, 0.6) is 0 Å². The van der Waals surface area contributed by atoms with Crippen molar-refractivity contribution in [1.29, 1.82) is 0 Å². The Morgan fingerprint density at radius 1 is 1.16 bits per heavy atom. The number of carbonyl (C=O) groups excluding carboxylic acids is 4. The van der Waals surface area contributed by atoms with Gasteiger partial charge in [-0.2, -0.15) is 0 Å². The Bertz CT molecular complexity index is 1110. The summed E-state index contributed by atoms with van der Waals surface area (Å²) in [6.07, 6.45) is 4.74. The van der Waals surface area contributed by atoms with Gasteiger partial charge in [0.15, 0.2) is 0 Å². The van der Waals surface area contributed by atoms with E-state index in [0.29, 0.717) is 17.1 Å². The first-order valence-corrected chi connectivity index (χ1v) is 10.1. The first kappa shape index (κ1) is 20.6. The van der Waals surface area contributed by atoms with Gasteiger partial charge in [0.05, 0.1) is 12.7 Å². The molecule has 2 aromatic rings. The van der Waals surface area contributed by atoms with Crippen molar-refractivity contribution in [2.24, 2.45) is 0 Å². The molecule has 4 amide bonds. The quantitative estimate of drug-likeness (QED) is 0.460. The summed E-state index contributed by atoms with van der Waals surface area (Å²) in [6.45, 7) is 1.84. The van der Waals surface area contributed by atoms with E-state index in [2.05, 4.69) is 5.32 Å². The molecule has 0 unspecified atom stereocenters. The first-order valence-electron chi connectivity index (χ1n) is 10.1. The summed E-state index contributed by atoms with van der Waals surface area (Å²) in [7, 11) is 1.32. The van der Waals surface area contributed by atoms with Crippen LogP contribution in [0.3, 0.4) is 0 Å². The van der Waals surface area contributed by atoms with Gasteiger partial charge in [0, 0.05) is 11.6 Å². The Balaban J connectivity index is 1.61. The number of esters is 1. The van der Waals surface area contributed by atoms with Crippen molar-refractivity contribution in [2.45, 2.75) is 38.6 Å². The number of hydrogen-bond donors (Lipinski definition) is 1. The molecule has 0 bridgehead atoms. The monoisotopic (exact) mass is 422 g/mol. The van der Waals surface area contributed by atoms with E-state index in [-0.39, 0.29) is 11.6 Å². The topological polar surface area (TPSA) is 106 Å².